The van der Waals surface area contributed by atoms with Crippen LogP contribution < -0.4 is 15.5 Å². The molecule has 1 fully saturated rings. The van der Waals surface area contributed by atoms with E-state index in [1.54, 1.807) is 0 Å². The first-order valence-corrected chi connectivity index (χ1v) is 12.1. The second kappa shape index (κ2) is 10.7. The summed E-state index contributed by atoms with van der Waals surface area (Å²) < 4.78 is 78.8. The van der Waals surface area contributed by atoms with Crippen LogP contribution in [0.5, 0.6) is 0 Å². The number of benzene rings is 2. The molecule has 4 rings (SSSR count). The van der Waals surface area contributed by atoms with E-state index in [-0.39, 0.29) is 24.6 Å². The number of carbonyl (C=O) groups excluding carboxylic acids is 1. The molecular formula is C26H27F6N5O. The van der Waals surface area contributed by atoms with Crippen molar-refractivity contribution < 1.29 is 31.1 Å². The van der Waals surface area contributed by atoms with E-state index in [1.807, 2.05) is 43.3 Å². The molecule has 0 aliphatic heterocycles. The molecule has 1 amide bonds. The molecule has 0 spiro atoms. The van der Waals surface area contributed by atoms with Gasteiger partial charge >= 0.3 is 12.4 Å². The summed E-state index contributed by atoms with van der Waals surface area (Å²) in [6, 6.07) is 8.82. The van der Waals surface area contributed by atoms with E-state index < -0.39 is 35.0 Å². The first-order chi connectivity index (χ1) is 17.8. The van der Waals surface area contributed by atoms with Crippen LogP contribution in [0.4, 0.5) is 38.1 Å². The maximum atomic E-state index is 13.4. The Morgan fingerprint density at radius 1 is 0.947 bits per heavy atom. The largest absolute Gasteiger partial charge is 0.417 e. The molecule has 1 aliphatic rings. The maximum absolute atomic E-state index is 13.4. The number of anilines is 2. The number of fused-ring (bicyclic) bond motifs is 1. The van der Waals surface area contributed by atoms with Crippen molar-refractivity contribution in [2.45, 2.75) is 44.1 Å². The molecule has 2 aromatic carbocycles. The van der Waals surface area contributed by atoms with Gasteiger partial charge in [0.25, 0.3) is 5.91 Å². The van der Waals surface area contributed by atoms with Crippen molar-refractivity contribution >= 4 is 28.6 Å². The lowest BCUT2D eigenvalue weighted by Crippen LogP contribution is -2.35. The Morgan fingerprint density at radius 3 is 2.26 bits per heavy atom. The minimum Gasteiger partial charge on any atom is -0.362 e. The summed E-state index contributed by atoms with van der Waals surface area (Å²) >= 11 is 0. The van der Waals surface area contributed by atoms with Gasteiger partial charge in [0.05, 0.1) is 22.2 Å². The highest BCUT2D eigenvalue weighted by atomic mass is 19.4. The molecule has 1 aliphatic carbocycles. The second-order valence-electron chi connectivity index (χ2n) is 9.61. The van der Waals surface area contributed by atoms with Crippen LogP contribution in [-0.2, 0) is 12.4 Å². The lowest BCUT2D eigenvalue weighted by Gasteiger charge is -2.29. The molecule has 6 nitrogen and oxygen atoms in total. The third-order valence-electron chi connectivity index (χ3n) is 6.63. The molecule has 0 atom stereocenters. The Morgan fingerprint density at radius 2 is 1.63 bits per heavy atom. The van der Waals surface area contributed by atoms with Crippen LogP contribution in [0.25, 0.3) is 10.9 Å². The van der Waals surface area contributed by atoms with Gasteiger partial charge in [-0.15, -0.1) is 0 Å². The number of amides is 1. The number of nitrogens with one attached hydrogen (secondary N) is 2. The molecule has 12 heteroatoms. The zero-order valence-corrected chi connectivity index (χ0v) is 20.7. The van der Waals surface area contributed by atoms with Gasteiger partial charge in [0.1, 0.15) is 5.82 Å². The molecule has 3 aromatic rings. The summed E-state index contributed by atoms with van der Waals surface area (Å²) in [6.07, 6.45) is -7.18. The van der Waals surface area contributed by atoms with Crippen molar-refractivity contribution in [3.63, 3.8) is 0 Å². The molecule has 0 radical (unpaired) electrons. The van der Waals surface area contributed by atoms with Gasteiger partial charge in [-0.2, -0.15) is 31.3 Å². The Balaban J connectivity index is 1.36. The summed E-state index contributed by atoms with van der Waals surface area (Å²) in [5, 5.41) is 6.78. The zero-order chi connectivity index (χ0) is 27.7. The van der Waals surface area contributed by atoms with Crippen molar-refractivity contribution in [2.24, 2.45) is 5.92 Å². The average Bonchev–Trinajstić information content (AvgIpc) is 2.86. The molecule has 0 unspecified atom stereocenters. The van der Waals surface area contributed by atoms with Gasteiger partial charge < -0.3 is 15.5 Å². The lowest BCUT2D eigenvalue weighted by atomic mass is 9.86. The minimum absolute atomic E-state index is 0.0237. The quantitative estimate of drug-likeness (QED) is 0.369. The third-order valence-corrected chi connectivity index (χ3v) is 6.63. The van der Waals surface area contributed by atoms with E-state index in [0.717, 1.165) is 29.6 Å². The van der Waals surface area contributed by atoms with E-state index in [4.69, 9.17) is 0 Å². The number of nitrogens with zero attached hydrogens (tertiary/aromatic N) is 3. The van der Waals surface area contributed by atoms with Crippen LogP contribution in [0.3, 0.4) is 0 Å². The number of para-hydroxylation sites is 1. The number of aromatic nitrogens is 2. The molecule has 0 saturated heterocycles. The predicted molar refractivity (Wildman–Crippen MR) is 132 cm³/mol. The van der Waals surface area contributed by atoms with Crippen molar-refractivity contribution in [1.29, 1.82) is 0 Å². The van der Waals surface area contributed by atoms with Gasteiger partial charge in [-0.1, -0.05) is 12.1 Å². The summed E-state index contributed by atoms with van der Waals surface area (Å²) in [5.41, 5.74) is -3.08. The van der Waals surface area contributed by atoms with Crippen LogP contribution in [0.2, 0.25) is 0 Å². The van der Waals surface area contributed by atoms with Gasteiger partial charge in [0.2, 0.25) is 5.95 Å². The molecule has 1 saturated carbocycles. The van der Waals surface area contributed by atoms with E-state index in [9.17, 15) is 31.1 Å². The third kappa shape index (κ3) is 6.28. The van der Waals surface area contributed by atoms with Crippen LogP contribution in [0, 0.1) is 5.92 Å². The Kier molecular flexibility index (Phi) is 7.70. The highest BCUT2D eigenvalue weighted by Crippen LogP contribution is 2.37. The lowest BCUT2D eigenvalue weighted by molar-refractivity contribution is -0.143. The highest BCUT2D eigenvalue weighted by molar-refractivity contribution is 5.96. The van der Waals surface area contributed by atoms with Gasteiger partial charge in [-0.25, -0.2) is 4.98 Å². The van der Waals surface area contributed by atoms with Gasteiger partial charge in [0, 0.05) is 32.1 Å². The molecule has 204 valence electrons. The molecule has 1 heterocycles. The van der Waals surface area contributed by atoms with Crippen molar-refractivity contribution in [2.75, 3.05) is 30.9 Å². The smallest absolute Gasteiger partial charge is 0.362 e. The van der Waals surface area contributed by atoms with Gasteiger partial charge in [-0.3, -0.25) is 4.79 Å². The zero-order valence-electron chi connectivity index (χ0n) is 20.7. The fourth-order valence-electron chi connectivity index (χ4n) is 4.64. The molecule has 0 bridgehead atoms. The van der Waals surface area contributed by atoms with Crippen LogP contribution in [0.1, 0.15) is 47.2 Å². The number of hydrogen-bond acceptors (Lipinski definition) is 5. The summed E-state index contributed by atoms with van der Waals surface area (Å²) in [7, 11) is 3.81. The van der Waals surface area contributed by atoms with Crippen LogP contribution in [0.15, 0.2) is 42.5 Å². The summed E-state index contributed by atoms with van der Waals surface area (Å²) in [6.45, 7) is 0.126. The molecule has 2 N–H and O–H groups in total. The van der Waals surface area contributed by atoms with Gasteiger partial charge in [0.15, 0.2) is 0 Å². The number of alkyl halides is 6. The van der Waals surface area contributed by atoms with E-state index in [2.05, 4.69) is 20.6 Å². The first-order valence-electron chi connectivity index (χ1n) is 12.1. The van der Waals surface area contributed by atoms with Crippen molar-refractivity contribution in [3.05, 3.63) is 59.2 Å². The number of hydrogen-bond donors (Lipinski definition) is 2. The number of halogens is 6. The fraction of sp³-hybridized carbons (Fsp3) is 0.423. The van der Waals surface area contributed by atoms with Gasteiger partial charge in [-0.05, 0) is 61.9 Å². The molecule has 38 heavy (non-hydrogen) atoms. The maximum Gasteiger partial charge on any atom is 0.417 e. The van der Waals surface area contributed by atoms with Crippen LogP contribution in [-0.4, -0.2) is 42.6 Å². The van der Waals surface area contributed by atoms with E-state index in [0.29, 0.717) is 30.9 Å². The Hall–Kier alpha value is -3.57. The standard InChI is InChI=1S/C26H27F6N5O/c1-37(2)22-19-5-3-4-6-21(19)35-24(36-22)34-17-10-7-15(8-11-17)14-33-23(38)18-12-9-16(25(27,28)29)13-20(18)26(30,31)32/h3-6,9,12-13,15,17H,7-8,10-11,14H2,1-2H3,(H,33,38)(H,34,35,36)/t15-,17+. The van der Waals surface area contributed by atoms with E-state index in [1.165, 1.54) is 0 Å². The summed E-state index contributed by atoms with van der Waals surface area (Å²) in [4.78, 5) is 23.6. The summed E-state index contributed by atoms with van der Waals surface area (Å²) in [5.74, 6) is 0.268. The minimum atomic E-state index is -5.10. The Bertz CT molecular complexity index is 1300. The van der Waals surface area contributed by atoms with Crippen molar-refractivity contribution in [3.8, 4) is 0 Å². The SMILES string of the molecule is CN(C)c1nc(N[C@H]2CC[C@@H](CNC(=O)c3ccc(C(F)(F)F)cc3C(F)(F)F)CC2)nc2ccccc12. The van der Waals surface area contributed by atoms with Crippen LogP contribution >= 0.6 is 0 Å². The highest BCUT2D eigenvalue weighted by Gasteiger charge is 2.39. The second-order valence-corrected chi connectivity index (χ2v) is 9.61. The number of rotatable bonds is 6. The fourth-order valence-corrected chi connectivity index (χ4v) is 4.64. The normalized spacial score (nSPS) is 18.3. The first kappa shape index (κ1) is 27.5. The van der Waals surface area contributed by atoms with E-state index >= 15 is 0 Å². The molecular weight excluding hydrogens is 512 g/mol. The number of carbonyl (C=O) groups is 1. The predicted octanol–water partition coefficient (Wildman–Crippen LogP) is 6.13. The Labute approximate surface area is 215 Å². The topological polar surface area (TPSA) is 70.2 Å². The monoisotopic (exact) mass is 539 g/mol. The average molecular weight is 540 g/mol. The van der Waals surface area contributed by atoms with Crippen molar-refractivity contribution in [1.82, 2.24) is 15.3 Å². The molecule has 1 aromatic heterocycles.